The van der Waals surface area contributed by atoms with Gasteiger partial charge in [0.2, 0.25) is 0 Å². The lowest BCUT2D eigenvalue weighted by Crippen LogP contribution is -2.31. The zero-order valence-electron chi connectivity index (χ0n) is 9.33. The minimum absolute atomic E-state index is 0.819. The average molecular weight is 221 g/mol. The van der Waals surface area contributed by atoms with Gasteiger partial charge in [-0.05, 0) is 31.9 Å². The molecule has 0 radical (unpaired) electrons. The molecule has 0 bridgehead atoms. The van der Waals surface area contributed by atoms with Crippen molar-refractivity contribution >= 4 is 11.8 Å². The molecule has 0 aromatic heterocycles. The van der Waals surface area contributed by atoms with Gasteiger partial charge in [-0.25, -0.2) is 0 Å². The van der Waals surface area contributed by atoms with E-state index in [2.05, 4.69) is 48.3 Å². The van der Waals surface area contributed by atoms with Crippen molar-refractivity contribution < 1.29 is 0 Å². The van der Waals surface area contributed by atoms with Gasteiger partial charge in [-0.15, -0.1) is 0 Å². The molecule has 1 N–H and O–H groups in total. The lowest BCUT2D eigenvalue weighted by Gasteiger charge is -2.22. The summed E-state index contributed by atoms with van der Waals surface area (Å²) >= 11 is 2.10. The van der Waals surface area contributed by atoms with Gasteiger partial charge >= 0.3 is 0 Å². The molecular formula is C13H19NS. The predicted molar refractivity (Wildman–Crippen MR) is 68.4 cm³/mol. The lowest BCUT2D eigenvalue weighted by atomic mass is 10.2. The van der Waals surface area contributed by atoms with E-state index in [4.69, 9.17) is 0 Å². The Morgan fingerprint density at radius 1 is 1.47 bits per heavy atom. The van der Waals surface area contributed by atoms with E-state index in [1.54, 1.807) is 0 Å². The van der Waals surface area contributed by atoms with E-state index in [1.165, 1.54) is 37.1 Å². The summed E-state index contributed by atoms with van der Waals surface area (Å²) in [5.41, 5.74) is 2.83. The number of hydrogen-bond donors (Lipinski definition) is 1. The van der Waals surface area contributed by atoms with E-state index in [1.807, 2.05) is 0 Å². The molecule has 2 rings (SSSR count). The first-order valence-electron chi connectivity index (χ1n) is 5.72. The van der Waals surface area contributed by atoms with Crippen LogP contribution in [0.15, 0.2) is 24.3 Å². The number of nitrogens with one attached hydrogen (secondary N) is 1. The Kier molecular flexibility index (Phi) is 4.09. The van der Waals surface area contributed by atoms with Crippen molar-refractivity contribution in [2.75, 3.05) is 13.1 Å². The molecule has 0 amide bonds. The number of rotatable bonds is 3. The maximum absolute atomic E-state index is 3.46. The van der Waals surface area contributed by atoms with Gasteiger partial charge in [0.15, 0.2) is 0 Å². The monoisotopic (exact) mass is 221 g/mol. The molecule has 0 spiro atoms. The molecule has 2 heteroatoms. The summed E-state index contributed by atoms with van der Waals surface area (Å²) < 4.78 is 0. The zero-order valence-corrected chi connectivity index (χ0v) is 10.1. The third-order valence-electron chi connectivity index (χ3n) is 2.82. The summed E-state index contributed by atoms with van der Waals surface area (Å²) in [5.74, 6) is 1.16. The number of benzene rings is 1. The first-order chi connectivity index (χ1) is 7.34. The molecule has 1 atom stereocenters. The second kappa shape index (κ2) is 5.57. The quantitative estimate of drug-likeness (QED) is 0.842. The number of piperidine rings is 1. The Balaban J connectivity index is 1.81. The minimum Gasteiger partial charge on any atom is -0.316 e. The van der Waals surface area contributed by atoms with Crippen molar-refractivity contribution in [1.82, 2.24) is 5.32 Å². The van der Waals surface area contributed by atoms with E-state index in [0.29, 0.717) is 0 Å². The Morgan fingerprint density at radius 3 is 3.13 bits per heavy atom. The van der Waals surface area contributed by atoms with Crippen LogP contribution in [0.3, 0.4) is 0 Å². The van der Waals surface area contributed by atoms with E-state index in [-0.39, 0.29) is 0 Å². The Labute approximate surface area is 96.7 Å². The van der Waals surface area contributed by atoms with E-state index in [9.17, 15) is 0 Å². The molecule has 1 heterocycles. The minimum atomic E-state index is 0.819. The molecule has 1 unspecified atom stereocenters. The topological polar surface area (TPSA) is 12.0 Å². The third-order valence-corrected chi connectivity index (χ3v) is 4.19. The van der Waals surface area contributed by atoms with Gasteiger partial charge in [0.1, 0.15) is 0 Å². The van der Waals surface area contributed by atoms with Crippen LogP contribution in [0.5, 0.6) is 0 Å². The van der Waals surface area contributed by atoms with Crippen molar-refractivity contribution in [2.24, 2.45) is 0 Å². The molecule has 1 aliphatic rings. The summed E-state index contributed by atoms with van der Waals surface area (Å²) in [7, 11) is 0. The highest BCUT2D eigenvalue weighted by molar-refractivity contribution is 7.99. The summed E-state index contributed by atoms with van der Waals surface area (Å²) in [6, 6.07) is 8.85. The SMILES string of the molecule is Cc1cccc(CSC2CCCNC2)c1. The van der Waals surface area contributed by atoms with Crippen LogP contribution in [0.2, 0.25) is 0 Å². The highest BCUT2D eigenvalue weighted by Gasteiger charge is 2.12. The molecule has 1 aliphatic heterocycles. The van der Waals surface area contributed by atoms with Crippen LogP contribution in [0.4, 0.5) is 0 Å². The van der Waals surface area contributed by atoms with Gasteiger partial charge in [-0.1, -0.05) is 29.8 Å². The molecule has 0 saturated carbocycles. The smallest absolute Gasteiger partial charge is 0.0187 e. The number of aryl methyl sites for hydroxylation is 1. The van der Waals surface area contributed by atoms with E-state index >= 15 is 0 Å². The molecular weight excluding hydrogens is 202 g/mol. The number of thioether (sulfide) groups is 1. The maximum atomic E-state index is 3.46. The second-order valence-corrected chi connectivity index (χ2v) is 5.56. The zero-order chi connectivity index (χ0) is 10.5. The van der Waals surface area contributed by atoms with E-state index < -0.39 is 0 Å². The van der Waals surface area contributed by atoms with Crippen LogP contribution in [0.25, 0.3) is 0 Å². The summed E-state index contributed by atoms with van der Waals surface area (Å²) in [6.07, 6.45) is 2.72. The van der Waals surface area contributed by atoms with Crippen molar-refractivity contribution in [1.29, 1.82) is 0 Å². The van der Waals surface area contributed by atoms with Gasteiger partial charge in [0.05, 0.1) is 0 Å². The van der Waals surface area contributed by atoms with Gasteiger partial charge in [0, 0.05) is 17.5 Å². The molecule has 82 valence electrons. The van der Waals surface area contributed by atoms with Crippen molar-refractivity contribution in [2.45, 2.75) is 30.8 Å². The van der Waals surface area contributed by atoms with Crippen molar-refractivity contribution in [3.05, 3.63) is 35.4 Å². The fourth-order valence-corrected chi connectivity index (χ4v) is 3.15. The first kappa shape index (κ1) is 11.0. The highest BCUT2D eigenvalue weighted by Crippen LogP contribution is 2.23. The first-order valence-corrected chi connectivity index (χ1v) is 6.77. The Bertz CT molecular complexity index is 305. The Morgan fingerprint density at radius 2 is 2.40 bits per heavy atom. The molecule has 1 nitrogen and oxygen atoms in total. The van der Waals surface area contributed by atoms with Crippen LogP contribution < -0.4 is 5.32 Å². The van der Waals surface area contributed by atoms with Crippen molar-refractivity contribution in [3.63, 3.8) is 0 Å². The maximum Gasteiger partial charge on any atom is 0.0187 e. The van der Waals surface area contributed by atoms with Gasteiger partial charge in [-0.3, -0.25) is 0 Å². The van der Waals surface area contributed by atoms with Crippen LogP contribution >= 0.6 is 11.8 Å². The third kappa shape index (κ3) is 3.54. The summed E-state index contributed by atoms with van der Waals surface area (Å²) in [5, 5.41) is 4.28. The average Bonchev–Trinajstić information content (AvgIpc) is 2.28. The van der Waals surface area contributed by atoms with Crippen molar-refractivity contribution in [3.8, 4) is 0 Å². The molecule has 15 heavy (non-hydrogen) atoms. The van der Waals surface area contributed by atoms with Gasteiger partial charge in [0.25, 0.3) is 0 Å². The summed E-state index contributed by atoms with van der Waals surface area (Å²) in [6.45, 7) is 4.56. The highest BCUT2D eigenvalue weighted by atomic mass is 32.2. The number of hydrogen-bond acceptors (Lipinski definition) is 2. The summed E-state index contributed by atoms with van der Waals surface area (Å²) in [4.78, 5) is 0. The Hall–Kier alpha value is -0.470. The van der Waals surface area contributed by atoms with Gasteiger partial charge in [-0.2, -0.15) is 11.8 Å². The van der Waals surface area contributed by atoms with Crippen LogP contribution in [-0.2, 0) is 5.75 Å². The molecule has 1 saturated heterocycles. The lowest BCUT2D eigenvalue weighted by molar-refractivity contribution is 0.531. The molecule has 0 aliphatic carbocycles. The standard InChI is InChI=1S/C13H19NS/c1-11-4-2-5-12(8-11)10-15-13-6-3-7-14-9-13/h2,4-5,8,13-14H,3,6-7,9-10H2,1H3. The van der Waals surface area contributed by atoms with E-state index in [0.717, 1.165) is 11.0 Å². The van der Waals surface area contributed by atoms with Crippen LogP contribution in [-0.4, -0.2) is 18.3 Å². The molecule has 1 fully saturated rings. The normalized spacial score (nSPS) is 21.5. The van der Waals surface area contributed by atoms with Crippen LogP contribution in [0, 0.1) is 6.92 Å². The van der Waals surface area contributed by atoms with Gasteiger partial charge < -0.3 is 5.32 Å². The molecule has 1 aromatic carbocycles. The second-order valence-electron chi connectivity index (χ2n) is 4.27. The molecule has 1 aromatic rings. The predicted octanol–water partition coefficient (Wildman–Crippen LogP) is 2.98. The largest absolute Gasteiger partial charge is 0.316 e. The fraction of sp³-hybridized carbons (Fsp3) is 0.538. The van der Waals surface area contributed by atoms with Crippen LogP contribution in [0.1, 0.15) is 24.0 Å². The fourth-order valence-electron chi connectivity index (χ4n) is 1.98.